The first-order chi connectivity index (χ1) is 10.2. The molecule has 7 heteroatoms. The van der Waals surface area contributed by atoms with E-state index in [1.54, 1.807) is 13.3 Å². The molecule has 21 heavy (non-hydrogen) atoms. The van der Waals surface area contributed by atoms with Crippen molar-refractivity contribution < 1.29 is 4.74 Å². The SMILES string of the molecule is COCCNC(=S)Nc1cnn(Cc2ccc(Cl)cc2)c1. The summed E-state index contributed by atoms with van der Waals surface area (Å²) < 4.78 is 6.78. The second-order valence-electron chi connectivity index (χ2n) is 4.43. The molecule has 1 aromatic heterocycles. The Labute approximate surface area is 134 Å². The minimum atomic E-state index is 0.554. The third-order valence-corrected chi connectivity index (χ3v) is 3.24. The third-order valence-electron chi connectivity index (χ3n) is 2.74. The Morgan fingerprint density at radius 3 is 2.86 bits per heavy atom. The van der Waals surface area contributed by atoms with Crippen LogP contribution in [-0.2, 0) is 11.3 Å². The van der Waals surface area contributed by atoms with E-state index in [4.69, 9.17) is 28.6 Å². The molecule has 1 heterocycles. The minimum Gasteiger partial charge on any atom is -0.383 e. The highest BCUT2D eigenvalue weighted by Crippen LogP contribution is 2.12. The van der Waals surface area contributed by atoms with Crippen LogP contribution in [-0.4, -0.2) is 35.2 Å². The van der Waals surface area contributed by atoms with Crippen molar-refractivity contribution in [2.45, 2.75) is 6.54 Å². The number of nitrogens with zero attached hydrogens (tertiary/aromatic N) is 2. The first kappa shape index (κ1) is 15.8. The van der Waals surface area contributed by atoms with Crippen LogP contribution in [0.15, 0.2) is 36.7 Å². The van der Waals surface area contributed by atoms with Crippen molar-refractivity contribution in [2.24, 2.45) is 0 Å². The molecule has 0 aliphatic carbocycles. The second kappa shape index (κ2) is 7.97. The summed E-state index contributed by atoms with van der Waals surface area (Å²) in [6.07, 6.45) is 3.64. The summed E-state index contributed by atoms with van der Waals surface area (Å²) in [6, 6.07) is 7.70. The van der Waals surface area contributed by atoms with Gasteiger partial charge in [0.25, 0.3) is 0 Å². The summed E-state index contributed by atoms with van der Waals surface area (Å²) >= 11 is 11.0. The quantitative estimate of drug-likeness (QED) is 0.631. The molecule has 0 aliphatic heterocycles. The zero-order chi connectivity index (χ0) is 15.1. The van der Waals surface area contributed by atoms with Gasteiger partial charge in [0.05, 0.1) is 25.0 Å². The number of anilines is 1. The van der Waals surface area contributed by atoms with Crippen molar-refractivity contribution >= 4 is 34.6 Å². The molecular weight excluding hydrogens is 308 g/mol. The Hall–Kier alpha value is -1.63. The van der Waals surface area contributed by atoms with Crippen molar-refractivity contribution in [1.29, 1.82) is 0 Å². The number of hydrogen-bond acceptors (Lipinski definition) is 3. The number of methoxy groups -OCH3 is 1. The average Bonchev–Trinajstić information content (AvgIpc) is 2.89. The third kappa shape index (κ3) is 5.34. The van der Waals surface area contributed by atoms with Gasteiger partial charge < -0.3 is 15.4 Å². The van der Waals surface area contributed by atoms with Crippen molar-refractivity contribution in [2.75, 3.05) is 25.6 Å². The molecule has 2 aromatic rings. The lowest BCUT2D eigenvalue weighted by atomic mass is 10.2. The molecule has 0 amide bonds. The number of hydrogen-bond donors (Lipinski definition) is 2. The maximum atomic E-state index is 5.87. The smallest absolute Gasteiger partial charge is 0.170 e. The summed E-state index contributed by atoms with van der Waals surface area (Å²) in [6.45, 7) is 1.96. The summed E-state index contributed by atoms with van der Waals surface area (Å²) in [4.78, 5) is 0. The van der Waals surface area contributed by atoms with Crippen LogP contribution in [0.5, 0.6) is 0 Å². The van der Waals surface area contributed by atoms with E-state index >= 15 is 0 Å². The Morgan fingerprint density at radius 2 is 2.14 bits per heavy atom. The average molecular weight is 325 g/mol. The Balaban J connectivity index is 1.86. The van der Waals surface area contributed by atoms with Gasteiger partial charge in [-0.1, -0.05) is 23.7 Å². The van der Waals surface area contributed by atoms with Gasteiger partial charge in [-0.25, -0.2) is 0 Å². The van der Waals surface area contributed by atoms with Gasteiger partial charge in [-0.15, -0.1) is 0 Å². The number of ether oxygens (including phenoxy) is 1. The Bertz CT molecular complexity index is 585. The zero-order valence-corrected chi connectivity index (χ0v) is 13.2. The monoisotopic (exact) mass is 324 g/mol. The van der Waals surface area contributed by atoms with Crippen LogP contribution in [0.25, 0.3) is 0 Å². The van der Waals surface area contributed by atoms with Gasteiger partial charge in [0.15, 0.2) is 5.11 Å². The molecule has 0 spiro atoms. The van der Waals surface area contributed by atoms with Crippen LogP contribution in [0.3, 0.4) is 0 Å². The fourth-order valence-corrected chi connectivity index (χ4v) is 2.08. The van der Waals surface area contributed by atoms with Crippen LogP contribution in [0, 0.1) is 0 Å². The highest BCUT2D eigenvalue weighted by atomic mass is 35.5. The molecule has 0 aliphatic rings. The largest absolute Gasteiger partial charge is 0.383 e. The molecule has 2 N–H and O–H groups in total. The van der Waals surface area contributed by atoms with Gasteiger partial charge in [-0.2, -0.15) is 5.10 Å². The summed E-state index contributed by atoms with van der Waals surface area (Å²) in [7, 11) is 1.65. The van der Waals surface area contributed by atoms with Gasteiger partial charge in [-0.3, -0.25) is 4.68 Å². The standard InChI is InChI=1S/C14H17ClN4OS/c1-20-7-6-16-14(21)18-13-8-17-19(10-13)9-11-2-4-12(15)5-3-11/h2-5,8,10H,6-7,9H2,1H3,(H2,16,18,21). The second-order valence-corrected chi connectivity index (χ2v) is 5.27. The molecule has 1 aromatic carbocycles. The molecule has 112 valence electrons. The van der Waals surface area contributed by atoms with Crippen LogP contribution in [0.2, 0.25) is 5.02 Å². The highest BCUT2D eigenvalue weighted by molar-refractivity contribution is 7.80. The van der Waals surface area contributed by atoms with Crippen molar-refractivity contribution in [3.63, 3.8) is 0 Å². The number of aromatic nitrogens is 2. The molecule has 5 nitrogen and oxygen atoms in total. The molecule has 0 fully saturated rings. The summed E-state index contributed by atoms with van der Waals surface area (Å²) in [5.41, 5.74) is 1.98. The van der Waals surface area contributed by atoms with E-state index < -0.39 is 0 Å². The highest BCUT2D eigenvalue weighted by Gasteiger charge is 2.02. The van der Waals surface area contributed by atoms with E-state index in [0.29, 0.717) is 24.8 Å². The van der Waals surface area contributed by atoms with E-state index in [9.17, 15) is 0 Å². The number of rotatable bonds is 6. The molecule has 0 saturated carbocycles. The Kier molecular flexibility index (Phi) is 5.98. The lowest BCUT2D eigenvalue weighted by Crippen LogP contribution is -2.30. The van der Waals surface area contributed by atoms with E-state index in [2.05, 4.69) is 15.7 Å². The van der Waals surface area contributed by atoms with Gasteiger partial charge in [0, 0.05) is 24.9 Å². The molecule has 0 saturated heterocycles. The fourth-order valence-electron chi connectivity index (χ4n) is 1.73. The molecule has 0 bridgehead atoms. The van der Waals surface area contributed by atoms with Crippen molar-refractivity contribution in [3.05, 3.63) is 47.2 Å². The number of thiocarbonyl (C=S) groups is 1. The maximum absolute atomic E-state index is 5.87. The number of benzene rings is 1. The van der Waals surface area contributed by atoms with Crippen molar-refractivity contribution in [3.8, 4) is 0 Å². The van der Waals surface area contributed by atoms with Gasteiger partial charge in [0.1, 0.15) is 0 Å². The Morgan fingerprint density at radius 1 is 1.38 bits per heavy atom. The van der Waals surface area contributed by atoms with Crippen LogP contribution >= 0.6 is 23.8 Å². The van der Waals surface area contributed by atoms with E-state index in [1.165, 1.54) is 0 Å². The molecule has 0 atom stereocenters. The van der Waals surface area contributed by atoms with E-state index in [-0.39, 0.29) is 0 Å². The molecular formula is C14H17ClN4OS. The normalized spacial score (nSPS) is 10.4. The van der Waals surface area contributed by atoms with Gasteiger partial charge in [-0.05, 0) is 29.9 Å². The zero-order valence-electron chi connectivity index (χ0n) is 11.7. The topological polar surface area (TPSA) is 51.1 Å². The predicted octanol–water partition coefficient (Wildman–Crippen LogP) is 2.52. The summed E-state index contributed by atoms with van der Waals surface area (Å²) in [5.74, 6) is 0. The van der Waals surface area contributed by atoms with Crippen LogP contribution in [0.1, 0.15) is 5.56 Å². The maximum Gasteiger partial charge on any atom is 0.170 e. The first-order valence-electron chi connectivity index (χ1n) is 6.48. The number of nitrogens with one attached hydrogen (secondary N) is 2. The number of halogens is 1. The van der Waals surface area contributed by atoms with E-state index in [1.807, 2.05) is 35.1 Å². The van der Waals surface area contributed by atoms with E-state index in [0.717, 1.165) is 16.3 Å². The summed E-state index contributed by atoms with van der Waals surface area (Å²) in [5, 5.41) is 11.7. The first-order valence-corrected chi connectivity index (χ1v) is 7.26. The lowest BCUT2D eigenvalue weighted by molar-refractivity contribution is 0.204. The van der Waals surface area contributed by atoms with Crippen LogP contribution < -0.4 is 10.6 Å². The van der Waals surface area contributed by atoms with Crippen LogP contribution in [0.4, 0.5) is 5.69 Å². The minimum absolute atomic E-state index is 0.554. The lowest BCUT2D eigenvalue weighted by Gasteiger charge is -2.07. The van der Waals surface area contributed by atoms with Crippen molar-refractivity contribution in [1.82, 2.24) is 15.1 Å². The van der Waals surface area contributed by atoms with Gasteiger partial charge in [0.2, 0.25) is 0 Å². The fraction of sp³-hybridized carbons (Fsp3) is 0.286. The predicted molar refractivity (Wildman–Crippen MR) is 88.9 cm³/mol. The molecule has 0 radical (unpaired) electrons. The van der Waals surface area contributed by atoms with Gasteiger partial charge >= 0.3 is 0 Å². The molecule has 2 rings (SSSR count). The molecule has 0 unspecified atom stereocenters.